The summed E-state index contributed by atoms with van der Waals surface area (Å²) < 4.78 is 5.61. The second-order valence-corrected chi connectivity index (χ2v) is 5.70. The van der Waals surface area contributed by atoms with Gasteiger partial charge in [0.1, 0.15) is 0 Å². The predicted molar refractivity (Wildman–Crippen MR) is 84.7 cm³/mol. The number of ether oxygens (including phenoxy) is 1. The van der Waals surface area contributed by atoms with Gasteiger partial charge in [0.05, 0.1) is 18.5 Å². The molecule has 0 amide bonds. The molecule has 118 valence electrons. The van der Waals surface area contributed by atoms with Gasteiger partial charge < -0.3 is 15.4 Å². The van der Waals surface area contributed by atoms with E-state index < -0.39 is 0 Å². The van der Waals surface area contributed by atoms with Gasteiger partial charge in [0.2, 0.25) is 5.88 Å². The Hall–Kier alpha value is -1.40. The average molecular weight is 293 g/mol. The average Bonchev–Trinajstić information content (AvgIpc) is 2.49. The highest BCUT2D eigenvalue weighted by Gasteiger charge is 2.22. The summed E-state index contributed by atoms with van der Waals surface area (Å²) in [5.74, 6) is 1.49. The highest BCUT2D eigenvalue weighted by molar-refractivity contribution is 5.38. The highest BCUT2D eigenvalue weighted by Crippen LogP contribution is 2.18. The molecule has 1 fully saturated rings. The van der Waals surface area contributed by atoms with E-state index in [1.54, 1.807) is 6.20 Å². The minimum atomic E-state index is 0.112. The van der Waals surface area contributed by atoms with Crippen molar-refractivity contribution in [3.05, 3.63) is 12.4 Å². The van der Waals surface area contributed by atoms with E-state index in [2.05, 4.69) is 26.7 Å². The second kappa shape index (κ2) is 7.56. The molecular weight excluding hydrogens is 266 g/mol. The minimum Gasteiger partial charge on any atom is -0.474 e. The lowest BCUT2D eigenvalue weighted by atomic mass is 10.1. The van der Waals surface area contributed by atoms with Gasteiger partial charge in [-0.1, -0.05) is 6.92 Å². The summed E-state index contributed by atoms with van der Waals surface area (Å²) >= 11 is 0. The van der Waals surface area contributed by atoms with Crippen molar-refractivity contribution in [3.8, 4) is 5.88 Å². The number of nitrogens with zero attached hydrogens (tertiary/aromatic N) is 4. The van der Waals surface area contributed by atoms with Gasteiger partial charge in [-0.05, 0) is 20.3 Å². The van der Waals surface area contributed by atoms with Crippen molar-refractivity contribution in [3.63, 3.8) is 0 Å². The summed E-state index contributed by atoms with van der Waals surface area (Å²) in [7, 11) is 0. The van der Waals surface area contributed by atoms with Gasteiger partial charge in [0.25, 0.3) is 0 Å². The Morgan fingerprint density at radius 3 is 2.52 bits per heavy atom. The van der Waals surface area contributed by atoms with E-state index in [1.807, 2.05) is 20.0 Å². The number of hydrogen-bond acceptors (Lipinski definition) is 6. The Labute approximate surface area is 127 Å². The second-order valence-electron chi connectivity index (χ2n) is 5.70. The maximum atomic E-state index is 5.83. The summed E-state index contributed by atoms with van der Waals surface area (Å²) in [6.07, 6.45) is 4.69. The summed E-state index contributed by atoms with van der Waals surface area (Å²) in [6.45, 7) is 10.9. The van der Waals surface area contributed by atoms with E-state index in [0.29, 0.717) is 11.9 Å². The van der Waals surface area contributed by atoms with E-state index in [0.717, 1.165) is 45.0 Å². The molecule has 2 rings (SSSR count). The van der Waals surface area contributed by atoms with Crippen LogP contribution in [0.5, 0.6) is 5.88 Å². The van der Waals surface area contributed by atoms with Crippen molar-refractivity contribution in [2.75, 3.05) is 37.6 Å². The van der Waals surface area contributed by atoms with Crippen molar-refractivity contribution in [2.45, 2.75) is 39.3 Å². The lowest BCUT2D eigenvalue weighted by Crippen LogP contribution is -2.52. The molecule has 0 radical (unpaired) electrons. The number of piperazine rings is 1. The first-order valence-electron chi connectivity index (χ1n) is 7.81. The topological polar surface area (TPSA) is 67.5 Å². The third-order valence-corrected chi connectivity index (χ3v) is 3.85. The van der Waals surface area contributed by atoms with Crippen LogP contribution in [0.3, 0.4) is 0 Å². The monoisotopic (exact) mass is 293 g/mol. The first kappa shape index (κ1) is 16.0. The lowest BCUT2D eigenvalue weighted by molar-refractivity contribution is 0.184. The maximum Gasteiger partial charge on any atom is 0.234 e. The zero-order valence-corrected chi connectivity index (χ0v) is 13.3. The Morgan fingerprint density at radius 1 is 1.24 bits per heavy atom. The van der Waals surface area contributed by atoms with E-state index in [9.17, 15) is 0 Å². The molecule has 6 nitrogen and oxygen atoms in total. The Bertz CT molecular complexity index is 428. The summed E-state index contributed by atoms with van der Waals surface area (Å²) in [5.41, 5.74) is 5.83. The van der Waals surface area contributed by atoms with Crippen LogP contribution in [0.2, 0.25) is 0 Å². The van der Waals surface area contributed by atoms with Crippen LogP contribution in [0.25, 0.3) is 0 Å². The molecule has 2 N–H and O–H groups in total. The molecule has 1 aliphatic heterocycles. The van der Waals surface area contributed by atoms with Gasteiger partial charge >= 0.3 is 0 Å². The maximum absolute atomic E-state index is 5.83. The molecule has 1 aliphatic rings. The van der Waals surface area contributed by atoms with E-state index in [-0.39, 0.29) is 6.10 Å². The molecule has 1 aromatic rings. The first-order chi connectivity index (χ1) is 10.1. The molecule has 0 bridgehead atoms. The molecule has 1 aromatic heterocycles. The number of nitrogens with two attached hydrogens (primary N) is 1. The Morgan fingerprint density at radius 2 is 1.95 bits per heavy atom. The van der Waals surface area contributed by atoms with Gasteiger partial charge in [0.15, 0.2) is 5.82 Å². The first-order valence-corrected chi connectivity index (χ1v) is 7.81. The molecule has 0 aliphatic carbocycles. The van der Waals surface area contributed by atoms with E-state index in [1.165, 1.54) is 0 Å². The molecule has 21 heavy (non-hydrogen) atoms. The third kappa shape index (κ3) is 4.28. The van der Waals surface area contributed by atoms with Crippen LogP contribution in [-0.2, 0) is 0 Å². The normalized spacial score (nSPS) is 18.0. The molecule has 2 heterocycles. The van der Waals surface area contributed by atoms with Gasteiger partial charge in [-0.15, -0.1) is 0 Å². The minimum absolute atomic E-state index is 0.112. The van der Waals surface area contributed by atoms with Crippen LogP contribution >= 0.6 is 0 Å². The zero-order valence-electron chi connectivity index (χ0n) is 13.3. The third-order valence-electron chi connectivity index (χ3n) is 3.85. The molecule has 1 unspecified atom stereocenters. The Balaban J connectivity index is 1.95. The quantitative estimate of drug-likeness (QED) is 0.848. The van der Waals surface area contributed by atoms with E-state index in [4.69, 9.17) is 10.5 Å². The Kier molecular flexibility index (Phi) is 5.76. The van der Waals surface area contributed by atoms with Crippen LogP contribution in [0.4, 0.5) is 5.82 Å². The number of aromatic nitrogens is 2. The molecule has 1 atom stereocenters. The molecule has 0 spiro atoms. The highest BCUT2D eigenvalue weighted by atomic mass is 16.5. The van der Waals surface area contributed by atoms with Gasteiger partial charge in [0, 0.05) is 38.8 Å². The van der Waals surface area contributed by atoms with Gasteiger partial charge in [-0.3, -0.25) is 9.88 Å². The zero-order chi connectivity index (χ0) is 15.2. The molecule has 1 saturated heterocycles. The number of anilines is 1. The van der Waals surface area contributed by atoms with Crippen molar-refractivity contribution < 1.29 is 4.74 Å². The molecule has 0 aromatic carbocycles. The van der Waals surface area contributed by atoms with Gasteiger partial charge in [-0.25, -0.2) is 0 Å². The van der Waals surface area contributed by atoms with Crippen molar-refractivity contribution >= 4 is 5.82 Å². The fourth-order valence-electron chi connectivity index (χ4n) is 2.68. The standard InChI is InChI=1S/C15H27N5O/c1-4-13(9-16)19-5-7-20(8-6-19)14-10-17-11-15(18-14)21-12(2)3/h10-13H,4-9,16H2,1-3H3. The lowest BCUT2D eigenvalue weighted by Gasteiger charge is -2.39. The molecular formula is C15H27N5O. The number of rotatable bonds is 6. The van der Waals surface area contributed by atoms with Crippen LogP contribution < -0.4 is 15.4 Å². The van der Waals surface area contributed by atoms with Crippen LogP contribution in [0.15, 0.2) is 12.4 Å². The predicted octanol–water partition coefficient (Wildman–Crippen LogP) is 1.12. The smallest absolute Gasteiger partial charge is 0.234 e. The summed E-state index contributed by atoms with van der Waals surface area (Å²) in [4.78, 5) is 13.5. The van der Waals surface area contributed by atoms with Crippen molar-refractivity contribution in [2.24, 2.45) is 5.73 Å². The molecule has 0 saturated carbocycles. The molecule has 6 heteroatoms. The van der Waals surface area contributed by atoms with Crippen molar-refractivity contribution in [1.29, 1.82) is 0 Å². The number of hydrogen-bond donors (Lipinski definition) is 1. The van der Waals surface area contributed by atoms with E-state index >= 15 is 0 Å². The van der Waals surface area contributed by atoms with Crippen LogP contribution in [0.1, 0.15) is 27.2 Å². The fourth-order valence-corrected chi connectivity index (χ4v) is 2.68. The van der Waals surface area contributed by atoms with Crippen LogP contribution in [0, 0.1) is 0 Å². The fraction of sp³-hybridized carbons (Fsp3) is 0.733. The SMILES string of the molecule is CCC(CN)N1CCN(c2cncc(OC(C)C)n2)CC1. The summed E-state index contributed by atoms with van der Waals surface area (Å²) in [6, 6.07) is 0.494. The van der Waals surface area contributed by atoms with Gasteiger partial charge in [-0.2, -0.15) is 4.98 Å². The largest absolute Gasteiger partial charge is 0.474 e. The van der Waals surface area contributed by atoms with Crippen molar-refractivity contribution in [1.82, 2.24) is 14.9 Å². The summed E-state index contributed by atoms with van der Waals surface area (Å²) in [5, 5.41) is 0. The van der Waals surface area contributed by atoms with Crippen LogP contribution in [-0.4, -0.2) is 59.7 Å².